The number of thiazole rings is 1. The Kier molecular flexibility index (Phi) is 6.10. The summed E-state index contributed by atoms with van der Waals surface area (Å²) in [6.45, 7) is 3.57. The van der Waals surface area contributed by atoms with Crippen LogP contribution in [0.3, 0.4) is 0 Å². The molecule has 2 amide bonds. The number of aromatic amines is 1. The van der Waals surface area contributed by atoms with Crippen LogP contribution in [-0.2, 0) is 16.0 Å². The lowest BCUT2D eigenvalue weighted by Crippen LogP contribution is -2.22. The van der Waals surface area contributed by atoms with Crippen molar-refractivity contribution in [2.75, 3.05) is 5.32 Å². The Morgan fingerprint density at radius 3 is 2.93 bits per heavy atom. The summed E-state index contributed by atoms with van der Waals surface area (Å²) < 4.78 is 14.7. The van der Waals surface area contributed by atoms with Crippen molar-refractivity contribution in [2.24, 2.45) is 5.73 Å². The van der Waals surface area contributed by atoms with Crippen molar-refractivity contribution in [1.82, 2.24) is 15.2 Å². The molecule has 2 heterocycles. The summed E-state index contributed by atoms with van der Waals surface area (Å²) in [4.78, 5) is 27.7. The molecule has 10 heteroatoms. The monoisotopic (exact) mass is 419 g/mol. The van der Waals surface area contributed by atoms with E-state index in [0.29, 0.717) is 27.1 Å². The highest BCUT2D eigenvalue weighted by Crippen LogP contribution is 2.27. The highest BCUT2D eigenvalue weighted by atomic mass is 32.2. The van der Waals surface area contributed by atoms with E-state index in [1.54, 1.807) is 30.5 Å². The maximum Gasteiger partial charge on any atom is 0.231 e. The van der Waals surface area contributed by atoms with Gasteiger partial charge in [-0.05, 0) is 26.0 Å². The van der Waals surface area contributed by atoms with Gasteiger partial charge in [-0.2, -0.15) is 5.10 Å². The zero-order valence-electron chi connectivity index (χ0n) is 15.2. The minimum absolute atomic E-state index is 0.0585. The number of carbonyl (C=O) groups excluding carboxylic acids is 2. The van der Waals surface area contributed by atoms with Gasteiger partial charge < -0.3 is 11.1 Å². The van der Waals surface area contributed by atoms with Crippen LogP contribution in [-0.4, -0.2) is 32.2 Å². The quantitative estimate of drug-likeness (QED) is 0.509. The molecule has 0 aliphatic rings. The highest BCUT2D eigenvalue weighted by Gasteiger charge is 2.15. The van der Waals surface area contributed by atoms with Crippen LogP contribution in [0.15, 0.2) is 34.0 Å². The number of amides is 2. The summed E-state index contributed by atoms with van der Waals surface area (Å²) in [5, 5.41) is 10.8. The van der Waals surface area contributed by atoms with E-state index in [9.17, 15) is 14.0 Å². The van der Waals surface area contributed by atoms with Gasteiger partial charge in [0, 0.05) is 17.0 Å². The Balaban J connectivity index is 1.62. The number of anilines is 1. The molecule has 0 aliphatic heterocycles. The normalized spacial score (nSPS) is 12.0. The van der Waals surface area contributed by atoms with E-state index >= 15 is 0 Å². The molecule has 0 radical (unpaired) electrons. The first-order valence-electron chi connectivity index (χ1n) is 8.34. The van der Waals surface area contributed by atoms with Crippen LogP contribution in [0.2, 0.25) is 0 Å². The first-order chi connectivity index (χ1) is 13.3. The Morgan fingerprint density at radius 2 is 2.18 bits per heavy atom. The smallest absolute Gasteiger partial charge is 0.231 e. The van der Waals surface area contributed by atoms with Gasteiger partial charge in [-0.1, -0.05) is 23.4 Å². The molecule has 3 rings (SSSR count). The molecule has 0 fully saturated rings. The van der Waals surface area contributed by atoms with Crippen molar-refractivity contribution in [1.29, 1.82) is 0 Å². The molecular weight excluding hydrogens is 401 g/mol. The van der Waals surface area contributed by atoms with E-state index in [1.807, 2.05) is 6.92 Å². The van der Waals surface area contributed by atoms with Crippen molar-refractivity contribution < 1.29 is 14.0 Å². The van der Waals surface area contributed by atoms with Crippen molar-refractivity contribution in [3.8, 4) is 11.3 Å². The van der Waals surface area contributed by atoms with Crippen molar-refractivity contribution in [3.05, 3.63) is 46.7 Å². The lowest BCUT2D eigenvalue weighted by Gasteiger charge is -2.02. The van der Waals surface area contributed by atoms with E-state index in [0.717, 1.165) is 5.56 Å². The molecule has 0 bridgehead atoms. The first kappa shape index (κ1) is 20.0. The Morgan fingerprint density at radius 1 is 1.39 bits per heavy atom. The number of carbonyl (C=O) groups is 2. The van der Waals surface area contributed by atoms with Crippen LogP contribution >= 0.6 is 23.1 Å². The zero-order valence-corrected chi connectivity index (χ0v) is 16.8. The van der Waals surface area contributed by atoms with Crippen molar-refractivity contribution in [2.45, 2.75) is 29.9 Å². The molecule has 2 aromatic heterocycles. The van der Waals surface area contributed by atoms with E-state index in [1.165, 1.54) is 29.2 Å². The lowest BCUT2D eigenvalue weighted by molar-refractivity contribution is -0.117. The van der Waals surface area contributed by atoms with E-state index < -0.39 is 11.2 Å². The van der Waals surface area contributed by atoms with Gasteiger partial charge in [0.2, 0.25) is 11.8 Å². The number of halogens is 1. The fourth-order valence-electron chi connectivity index (χ4n) is 2.35. The van der Waals surface area contributed by atoms with Gasteiger partial charge in [0.1, 0.15) is 5.82 Å². The lowest BCUT2D eigenvalue weighted by atomic mass is 10.1. The van der Waals surface area contributed by atoms with E-state index in [-0.39, 0.29) is 18.1 Å². The standard InChI is InChI=1S/C18H18FN5O2S2/c1-9-3-4-13(19)12(5-9)14-7-15(24-23-14)22-16(25)6-11-8-27-18(21-11)28-10(2)17(20)26/h3-5,7-8,10H,6H2,1-2H3,(H2,20,26)(H2,22,23,24,25). The molecule has 0 saturated heterocycles. The maximum atomic E-state index is 14.0. The number of H-pyrrole nitrogens is 1. The number of hydrogen-bond donors (Lipinski definition) is 3. The van der Waals surface area contributed by atoms with Gasteiger partial charge in [-0.25, -0.2) is 9.37 Å². The molecular formula is C18H18FN5O2S2. The molecule has 146 valence electrons. The van der Waals surface area contributed by atoms with Crippen LogP contribution in [0.1, 0.15) is 18.2 Å². The molecule has 3 aromatic rings. The van der Waals surface area contributed by atoms with Crippen molar-refractivity contribution >= 4 is 40.7 Å². The number of aromatic nitrogens is 3. The molecule has 4 N–H and O–H groups in total. The fraction of sp³-hybridized carbons (Fsp3) is 0.222. The number of nitrogens with zero attached hydrogens (tertiary/aromatic N) is 2. The number of aryl methyl sites for hydroxylation is 1. The number of nitrogens with one attached hydrogen (secondary N) is 2. The Bertz CT molecular complexity index is 1020. The summed E-state index contributed by atoms with van der Waals surface area (Å²) >= 11 is 2.60. The zero-order chi connectivity index (χ0) is 20.3. The predicted molar refractivity (Wildman–Crippen MR) is 108 cm³/mol. The number of primary amides is 1. The SMILES string of the molecule is Cc1ccc(F)c(-c2cc(NC(=O)Cc3csc(SC(C)C(N)=O)n3)n[nH]2)c1. The summed E-state index contributed by atoms with van der Waals surface area (Å²) in [6, 6.07) is 6.35. The first-order valence-corrected chi connectivity index (χ1v) is 10.1. The molecule has 1 unspecified atom stereocenters. The van der Waals surface area contributed by atoms with Gasteiger partial charge in [0.05, 0.1) is 23.1 Å². The third kappa shape index (κ3) is 4.96. The van der Waals surface area contributed by atoms with E-state index in [2.05, 4.69) is 20.5 Å². The summed E-state index contributed by atoms with van der Waals surface area (Å²) in [5.74, 6) is -0.788. The topological polar surface area (TPSA) is 114 Å². The van der Waals surface area contributed by atoms with E-state index in [4.69, 9.17) is 5.73 Å². The number of hydrogen-bond acceptors (Lipinski definition) is 6. The molecule has 1 aromatic carbocycles. The molecule has 0 saturated carbocycles. The second kappa shape index (κ2) is 8.53. The number of rotatable bonds is 7. The summed E-state index contributed by atoms with van der Waals surface area (Å²) in [6.07, 6.45) is 0.0585. The van der Waals surface area contributed by atoms with Crippen molar-refractivity contribution in [3.63, 3.8) is 0 Å². The summed E-state index contributed by atoms with van der Waals surface area (Å²) in [7, 11) is 0. The molecule has 0 aliphatic carbocycles. The Hall–Kier alpha value is -2.72. The van der Waals surface area contributed by atoms with Gasteiger partial charge in [0.25, 0.3) is 0 Å². The summed E-state index contributed by atoms with van der Waals surface area (Å²) in [5.41, 5.74) is 7.60. The average Bonchev–Trinajstić information content (AvgIpc) is 3.26. The van der Waals surface area contributed by atoms with Gasteiger partial charge in [-0.15, -0.1) is 11.3 Å². The second-order valence-corrected chi connectivity index (χ2v) is 8.59. The van der Waals surface area contributed by atoms with Gasteiger partial charge >= 0.3 is 0 Å². The molecule has 28 heavy (non-hydrogen) atoms. The minimum atomic E-state index is -0.418. The predicted octanol–water partition coefficient (Wildman–Crippen LogP) is 3.13. The number of thioether (sulfide) groups is 1. The van der Waals surface area contributed by atoms with Crippen LogP contribution in [0.4, 0.5) is 10.2 Å². The molecule has 1 atom stereocenters. The van der Waals surface area contributed by atoms with Gasteiger partial charge in [-0.3, -0.25) is 14.7 Å². The second-order valence-electron chi connectivity index (χ2n) is 6.14. The van der Waals surface area contributed by atoms with Crippen LogP contribution < -0.4 is 11.1 Å². The minimum Gasteiger partial charge on any atom is -0.369 e. The third-order valence-corrected chi connectivity index (χ3v) is 5.95. The largest absolute Gasteiger partial charge is 0.369 e. The maximum absolute atomic E-state index is 14.0. The van der Waals surface area contributed by atoms with Crippen LogP contribution in [0.5, 0.6) is 0 Å². The third-order valence-electron chi connectivity index (χ3n) is 3.81. The Labute approximate surface area is 168 Å². The average molecular weight is 420 g/mol. The van der Waals surface area contributed by atoms with Gasteiger partial charge in [0.15, 0.2) is 10.2 Å². The molecule has 7 nitrogen and oxygen atoms in total. The van der Waals surface area contributed by atoms with Crippen LogP contribution in [0.25, 0.3) is 11.3 Å². The van der Waals surface area contributed by atoms with Crippen LogP contribution in [0, 0.1) is 12.7 Å². The number of benzene rings is 1. The highest BCUT2D eigenvalue weighted by molar-refractivity contribution is 8.02. The number of nitrogens with two attached hydrogens (primary N) is 1. The molecule has 0 spiro atoms. The fourth-order valence-corrected chi connectivity index (χ4v) is 4.28.